The van der Waals surface area contributed by atoms with E-state index in [-0.39, 0.29) is 11.3 Å². The number of ketones is 1. The highest BCUT2D eigenvalue weighted by Crippen LogP contribution is 2.26. The van der Waals surface area contributed by atoms with Gasteiger partial charge in [0, 0.05) is 11.8 Å². The summed E-state index contributed by atoms with van der Waals surface area (Å²) in [5.41, 5.74) is -1.33. The van der Waals surface area contributed by atoms with Gasteiger partial charge in [-0.3, -0.25) is 9.79 Å². The largest absolute Gasteiger partial charge is 0.506 e. The summed E-state index contributed by atoms with van der Waals surface area (Å²) in [4.78, 5) is 15.1. The van der Waals surface area contributed by atoms with Gasteiger partial charge in [-0.1, -0.05) is 42.5 Å². The molecule has 0 heterocycles. The van der Waals surface area contributed by atoms with Crippen molar-refractivity contribution in [3.8, 4) is 0 Å². The van der Waals surface area contributed by atoms with Gasteiger partial charge in [-0.05, 0) is 12.1 Å². The van der Waals surface area contributed by atoms with Gasteiger partial charge in [0.05, 0.1) is 11.3 Å². The normalized spacial score (nSPS) is 13.0. The Hall–Kier alpha value is -2.96. The van der Waals surface area contributed by atoms with Crippen molar-refractivity contribution in [1.82, 2.24) is 0 Å². The highest BCUT2D eigenvalue weighted by molar-refractivity contribution is 6.20. The third-order valence-electron chi connectivity index (χ3n) is 2.99. The summed E-state index contributed by atoms with van der Waals surface area (Å²) in [7, 11) is 0. The zero-order valence-corrected chi connectivity index (χ0v) is 12.1. The number of aliphatic hydroxyl groups is 1. The minimum atomic E-state index is -5.21. The molecule has 2 aromatic rings. The first-order chi connectivity index (χ1) is 11.3. The van der Waals surface area contributed by atoms with Crippen LogP contribution in [0.3, 0.4) is 0 Å². The van der Waals surface area contributed by atoms with Crippen molar-refractivity contribution in [2.75, 3.05) is 0 Å². The molecule has 3 nitrogen and oxygen atoms in total. The Balaban J connectivity index is 2.52. The van der Waals surface area contributed by atoms with E-state index in [0.717, 1.165) is 6.07 Å². The fourth-order valence-corrected chi connectivity index (χ4v) is 1.82. The first-order valence-electron chi connectivity index (χ1n) is 6.69. The van der Waals surface area contributed by atoms with Crippen LogP contribution in [-0.4, -0.2) is 23.3 Å². The molecule has 0 saturated heterocycles. The van der Waals surface area contributed by atoms with Crippen LogP contribution in [0, 0.1) is 5.82 Å². The Labute approximate surface area is 134 Å². The summed E-state index contributed by atoms with van der Waals surface area (Å²) < 4.78 is 51.7. The molecule has 0 aromatic heterocycles. The fourth-order valence-electron chi connectivity index (χ4n) is 1.82. The Morgan fingerprint density at radius 1 is 1.00 bits per heavy atom. The van der Waals surface area contributed by atoms with Crippen molar-refractivity contribution in [2.45, 2.75) is 6.18 Å². The zero-order valence-electron chi connectivity index (χ0n) is 12.1. The number of hydrogen-bond acceptors (Lipinski definition) is 3. The third-order valence-corrected chi connectivity index (χ3v) is 2.99. The van der Waals surface area contributed by atoms with Crippen LogP contribution in [0.4, 0.5) is 23.2 Å². The second kappa shape index (κ2) is 7.08. The molecule has 2 aromatic carbocycles. The van der Waals surface area contributed by atoms with E-state index < -0.39 is 29.1 Å². The quantitative estimate of drug-likeness (QED) is 0.383. The van der Waals surface area contributed by atoms with E-state index in [1.54, 1.807) is 6.07 Å². The van der Waals surface area contributed by atoms with Crippen LogP contribution in [0.15, 0.2) is 65.2 Å². The SMILES string of the molecule is O=C(/C(C=Nc1ccccc1F)=C(/O)c1ccccc1)C(F)(F)F. The van der Waals surface area contributed by atoms with E-state index in [1.165, 1.54) is 42.5 Å². The lowest BCUT2D eigenvalue weighted by Crippen LogP contribution is -2.26. The highest BCUT2D eigenvalue weighted by atomic mass is 19.4. The molecule has 0 spiro atoms. The van der Waals surface area contributed by atoms with Gasteiger partial charge >= 0.3 is 6.18 Å². The first kappa shape index (κ1) is 17.4. The van der Waals surface area contributed by atoms with Crippen LogP contribution in [0.25, 0.3) is 5.76 Å². The molecule has 0 amide bonds. The van der Waals surface area contributed by atoms with Crippen LogP contribution in [0.1, 0.15) is 5.56 Å². The van der Waals surface area contributed by atoms with Crippen LogP contribution < -0.4 is 0 Å². The van der Waals surface area contributed by atoms with Gasteiger partial charge in [-0.15, -0.1) is 0 Å². The van der Waals surface area contributed by atoms with E-state index in [0.29, 0.717) is 6.21 Å². The Kier molecular flexibility index (Phi) is 5.13. The third kappa shape index (κ3) is 4.07. The maximum absolute atomic E-state index is 13.5. The number of Topliss-reactive ketones (excluding diaryl/α,β-unsaturated/α-hetero) is 1. The summed E-state index contributed by atoms with van der Waals surface area (Å²) in [6.07, 6.45) is -4.70. The molecule has 7 heteroatoms. The lowest BCUT2D eigenvalue weighted by atomic mass is 10.1. The van der Waals surface area contributed by atoms with Gasteiger partial charge in [0.25, 0.3) is 5.78 Å². The molecule has 0 aliphatic heterocycles. The van der Waals surface area contributed by atoms with Crippen molar-refractivity contribution in [3.05, 3.63) is 71.6 Å². The van der Waals surface area contributed by atoms with Crippen molar-refractivity contribution < 1.29 is 27.5 Å². The number of aliphatic hydroxyl groups excluding tert-OH is 1. The van der Waals surface area contributed by atoms with Crippen molar-refractivity contribution >= 4 is 23.4 Å². The molecule has 2 rings (SSSR count). The van der Waals surface area contributed by atoms with Gasteiger partial charge in [-0.25, -0.2) is 4.39 Å². The number of benzene rings is 2. The Morgan fingerprint density at radius 2 is 1.58 bits per heavy atom. The first-order valence-corrected chi connectivity index (χ1v) is 6.69. The second-order valence-electron chi connectivity index (χ2n) is 4.66. The summed E-state index contributed by atoms with van der Waals surface area (Å²) in [5, 5.41) is 10.0. The molecule has 1 N–H and O–H groups in total. The molecule has 24 heavy (non-hydrogen) atoms. The van der Waals surface area contributed by atoms with Gasteiger partial charge in [0.15, 0.2) is 0 Å². The lowest BCUT2D eigenvalue weighted by molar-refractivity contribution is -0.165. The minimum absolute atomic E-state index is 0.00471. The summed E-state index contributed by atoms with van der Waals surface area (Å²) in [6, 6.07) is 12.3. The number of halogens is 4. The summed E-state index contributed by atoms with van der Waals surface area (Å²) >= 11 is 0. The van der Waals surface area contributed by atoms with Crippen molar-refractivity contribution in [2.24, 2.45) is 4.99 Å². The number of para-hydroxylation sites is 1. The zero-order chi connectivity index (χ0) is 17.7. The number of aliphatic imine (C=N–C) groups is 1. The number of carbonyl (C=O) groups is 1. The molecule has 0 radical (unpaired) electrons. The van der Waals surface area contributed by atoms with Crippen LogP contribution in [0.2, 0.25) is 0 Å². The second-order valence-corrected chi connectivity index (χ2v) is 4.66. The minimum Gasteiger partial charge on any atom is -0.506 e. The maximum Gasteiger partial charge on any atom is 0.455 e. The highest BCUT2D eigenvalue weighted by Gasteiger charge is 2.41. The number of allylic oxidation sites excluding steroid dienone is 1. The standard InChI is InChI=1S/C17H11F4NO2/c18-13-8-4-5-9-14(13)22-10-12(16(24)17(19,20)21)15(23)11-6-2-1-3-7-11/h1-10,23H/b15-12+,22-10?. The van der Waals surface area contributed by atoms with E-state index in [9.17, 15) is 27.5 Å². The topological polar surface area (TPSA) is 49.7 Å². The summed E-state index contributed by atoms with van der Waals surface area (Å²) in [6.45, 7) is 0. The molecular weight excluding hydrogens is 326 g/mol. The van der Waals surface area contributed by atoms with Crippen molar-refractivity contribution in [3.63, 3.8) is 0 Å². The fraction of sp³-hybridized carbons (Fsp3) is 0.0588. The van der Waals surface area contributed by atoms with E-state index in [1.807, 2.05) is 0 Å². The van der Waals surface area contributed by atoms with Crippen LogP contribution in [-0.2, 0) is 4.79 Å². The molecule has 0 saturated carbocycles. The predicted octanol–water partition coefficient (Wildman–Crippen LogP) is 4.63. The molecule has 0 atom stereocenters. The molecular formula is C17H11F4NO2. The smallest absolute Gasteiger partial charge is 0.455 e. The molecule has 0 aliphatic rings. The van der Waals surface area contributed by atoms with E-state index in [2.05, 4.69) is 4.99 Å². The van der Waals surface area contributed by atoms with E-state index >= 15 is 0 Å². The lowest BCUT2D eigenvalue weighted by Gasteiger charge is -2.09. The Bertz CT molecular complexity index is 796. The number of carbonyl (C=O) groups excluding carboxylic acids is 1. The molecule has 0 aliphatic carbocycles. The van der Waals surface area contributed by atoms with Crippen molar-refractivity contribution in [1.29, 1.82) is 0 Å². The maximum atomic E-state index is 13.5. The van der Waals surface area contributed by atoms with Gasteiger partial charge < -0.3 is 5.11 Å². The summed E-state index contributed by atoms with van der Waals surface area (Å²) in [5.74, 6) is -3.94. The predicted molar refractivity (Wildman–Crippen MR) is 81.6 cm³/mol. The van der Waals surface area contributed by atoms with Gasteiger partial charge in [0.1, 0.15) is 11.6 Å². The molecule has 0 unspecified atom stereocenters. The molecule has 124 valence electrons. The number of alkyl halides is 3. The number of hydrogen-bond donors (Lipinski definition) is 1. The molecule has 0 bridgehead atoms. The van der Waals surface area contributed by atoms with E-state index in [4.69, 9.17) is 0 Å². The number of nitrogens with zero attached hydrogens (tertiary/aromatic N) is 1. The average Bonchev–Trinajstić information content (AvgIpc) is 2.56. The van der Waals surface area contributed by atoms with Crippen LogP contribution in [0.5, 0.6) is 0 Å². The monoisotopic (exact) mass is 337 g/mol. The Morgan fingerprint density at radius 3 is 2.17 bits per heavy atom. The average molecular weight is 337 g/mol. The van der Waals surface area contributed by atoms with Gasteiger partial charge in [0.2, 0.25) is 0 Å². The van der Waals surface area contributed by atoms with Crippen LogP contribution >= 0.6 is 0 Å². The number of rotatable bonds is 4. The molecule has 0 fully saturated rings. The van der Waals surface area contributed by atoms with Gasteiger partial charge in [-0.2, -0.15) is 13.2 Å².